The van der Waals surface area contributed by atoms with Crippen molar-refractivity contribution in [2.75, 3.05) is 6.54 Å². The fourth-order valence-corrected chi connectivity index (χ4v) is 3.05. The molecule has 112 valence electrons. The first kappa shape index (κ1) is 16.6. The molecule has 0 bridgehead atoms. The number of carbonyl (C=O) groups excluding carboxylic acids is 1. The molecule has 0 saturated carbocycles. The highest BCUT2D eigenvalue weighted by Crippen LogP contribution is 2.18. The molecule has 1 heterocycles. The maximum atomic E-state index is 12.1. The van der Waals surface area contributed by atoms with Crippen molar-refractivity contribution in [1.29, 1.82) is 0 Å². The molecule has 0 aliphatic carbocycles. The summed E-state index contributed by atoms with van der Waals surface area (Å²) in [5, 5.41) is 12.6. The molecule has 1 aromatic rings. The summed E-state index contributed by atoms with van der Waals surface area (Å²) in [4.78, 5) is 27.7. The van der Waals surface area contributed by atoms with Crippen molar-refractivity contribution in [3.05, 3.63) is 15.6 Å². The zero-order valence-electron chi connectivity index (χ0n) is 12.4. The van der Waals surface area contributed by atoms with Crippen molar-refractivity contribution in [3.63, 3.8) is 0 Å². The predicted octanol–water partition coefficient (Wildman–Crippen LogP) is 2.63. The molecular weight excluding hydrogens is 276 g/mol. The van der Waals surface area contributed by atoms with Gasteiger partial charge in [-0.2, -0.15) is 0 Å². The number of nitrogens with one attached hydrogen (secondary N) is 1. The number of aromatic nitrogens is 1. The normalized spacial score (nSPS) is 12.4. The van der Waals surface area contributed by atoms with Gasteiger partial charge in [0.1, 0.15) is 4.88 Å². The first-order valence-corrected chi connectivity index (χ1v) is 7.55. The maximum Gasteiger partial charge on any atom is 0.303 e. The smallest absolute Gasteiger partial charge is 0.303 e. The zero-order valence-corrected chi connectivity index (χ0v) is 13.2. The Morgan fingerprint density at radius 2 is 2.00 bits per heavy atom. The molecule has 0 aliphatic heterocycles. The third-order valence-electron chi connectivity index (χ3n) is 2.93. The second-order valence-electron chi connectivity index (χ2n) is 5.45. The molecule has 0 aliphatic rings. The average molecular weight is 298 g/mol. The van der Waals surface area contributed by atoms with Gasteiger partial charge >= 0.3 is 5.97 Å². The van der Waals surface area contributed by atoms with Gasteiger partial charge in [0.05, 0.1) is 10.7 Å². The molecule has 1 amide bonds. The number of thiazole rings is 1. The van der Waals surface area contributed by atoms with E-state index in [0.717, 1.165) is 17.1 Å². The van der Waals surface area contributed by atoms with Gasteiger partial charge in [0, 0.05) is 13.0 Å². The second-order valence-corrected chi connectivity index (χ2v) is 6.65. The quantitative estimate of drug-likeness (QED) is 0.811. The summed E-state index contributed by atoms with van der Waals surface area (Å²) in [5.74, 6) is -0.614. The summed E-state index contributed by atoms with van der Waals surface area (Å²) in [6.45, 7) is 8.15. The third-order valence-corrected chi connectivity index (χ3v) is 4.00. The van der Waals surface area contributed by atoms with Crippen LogP contribution in [0, 0.1) is 25.7 Å². The largest absolute Gasteiger partial charge is 0.481 e. The lowest BCUT2D eigenvalue weighted by atomic mass is 9.94. The lowest BCUT2D eigenvalue weighted by Gasteiger charge is -2.17. The molecule has 2 N–H and O–H groups in total. The van der Waals surface area contributed by atoms with Crippen molar-refractivity contribution < 1.29 is 14.7 Å². The standard InChI is InChI=1S/C14H22N2O3S/c1-8(2)5-11(6-12(17)18)7-15-14(19)13-9(3)16-10(4)20-13/h8,11H,5-7H2,1-4H3,(H,15,19)(H,17,18). The molecule has 6 heteroatoms. The average Bonchev–Trinajstić information content (AvgIpc) is 2.63. The van der Waals surface area contributed by atoms with Gasteiger partial charge < -0.3 is 10.4 Å². The Morgan fingerprint density at radius 1 is 1.35 bits per heavy atom. The van der Waals surface area contributed by atoms with Crippen LogP contribution in [0.4, 0.5) is 0 Å². The summed E-state index contributed by atoms with van der Waals surface area (Å²) in [5.41, 5.74) is 0.726. The van der Waals surface area contributed by atoms with Gasteiger partial charge in [0.15, 0.2) is 0 Å². The van der Waals surface area contributed by atoms with Crippen LogP contribution in [0.2, 0.25) is 0 Å². The Hall–Kier alpha value is -1.43. The minimum Gasteiger partial charge on any atom is -0.481 e. The van der Waals surface area contributed by atoms with E-state index >= 15 is 0 Å². The summed E-state index contributed by atoms with van der Waals surface area (Å²) in [6.07, 6.45) is 0.868. The van der Waals surface area contributed by atoms with E-state index < -0.39 is 5.97 Å². The number of amides is 1. The summed E-state index contributed by atoms with van der Waals surface area (Å²) in [7, 11) is 0. The lowest BCUT2D eigenvalue weighted by Crippen LogP contribution is -2.31. The third kappa shape index (κ3) is 5.28. The van der Waals surface area contributed by atoms with E-state index in [0.29, 0.717) is 17.3 Å². The molecule has 0 aromatic carbocycles. The summed E-state index contributed by atoms with van der Waals surface area (Å²) >= 11 is 1.36. The number of hydrogen-bond donors (Lipinski definition) is 2. The molecule has 5 nitrogen and oxygen atoms in total. The fourth-order valence-electron chi connectivity index (χ4n) is 2.21. The second kappa shape index (κ2) is 7.38. The highest BCUT2D eigenvalue weighted by molar-refractivity contribution is 7.13. The molecular formula is C14H22N2O3S. The summed E-state index contributed by atoms with van der Waals surface area (Å²) in [6, 6.07) is 0. The number of nitrogens with zero attached hydrogens (tertiary/aromatic N) is 1. The van der Waals surface area contributed by atoms with Crippen LogP contribution in [0.5, 0.6) is 0 Å². The topological polar surface area (TPSA) is 79.3 Å². The van der Waals surface area contributed by atoms with Crippen LogP contribution in [0.3, 0.4) is 0 Å². The number of carboxylic acid groups (broad SMARTS) is 1. The Morgan fingerprint density at radius 3 is 2.45 bits per heavy atom. The van der Waals surface area contributed by atoms with Crippen LogP contribution in [-0.4, -0.2) is 28.5 Å². The highest BCUT2D eigenvalue weighted by atomic mass is 32.1. The molecule has 0 saturated heterocycles. The van der Waals surface area contributed by atoms with E-state index in [9.17, 15) is 9.59 Å². The molecule has 1 atom stereocenters. The molecule has 20 heavy (non-hydrogen) atoms. The summed E-state index contributed by atoms with van der Waals surface area (Å²) < 4.78 is 0. The van der Waals surface area contributed by atoms with E-state index in [4.69, 9.17) is 5.11 Å². The van der Waals surface area contributed by atoms with Gasteiger partial charge in [-0.1, -0.05) is 13.8 Å². The van der Waals surface area contributed by atoms with E-state index in [1.807, 2.05) is 20.8 Å². The van der Waals surface area contributed by atoms with Crippen molar-refractivity contribution in [3.8, 4) is 0 Å². The van der Waals surface area contributed by atoms with Gasteiger partial charge in [0.25, 0.3) is 5.91 Å². The van der Waals surface area contributed by atoms with Gasteiger partial charge in [-0.15, -0.1) is 11.3 Å². The number of carbonyl (C=O) groups is 2. The van der Waals surface area contributed by atoms with Gasteiger partial charge in [-0.05, 0) is 32.1 Å². The first-order valence-electron chi connectivity index (χ1n) is 6.73. The Balaban J connectivity index is 2.60. The molecule has 0 fully saturated rings. The lowest BCUT2D eigenvalue weighted by molar-refractivity contribution is -0.138. The van der Waals surface area contributed by atoms with Crippen LogP contribution in [-0.2, 0) is 4.79 Å². The first-order chi connectivity index (χ1) is 9.29. The number of hydrogen-bond acceptors (Lipinski definition) is 4. The predicted molar refractivity (Wildman–Crippen MR) is 79.1 cm³/mol. The Bertz CT molecular complexity index is 483. The minimum absolute atomic E-state index is 0.0363. The van der Waals surface area contributed by atoms with Crippen molar-refractivity contribution >= 4 is 23.2 Å². The van der Waals surface area contributed by atoms with Gasteiger partial charge in [-0.25, -0.2) is 4.98 Å². The van der Waals surface area contributed by atoms with Crippen LogP contribution in [0.15, 0.2) is 0 Å². The maximum absolute atomic E-state index is 12.1. The highest BCUT2D eigenvalue weighted by Gasteiger charge is 2.18. The van der Waals surface area contributed by atoms with Crippen molar-refractivity contribution in [2.45, 2.75) is 40.5 Å². The molecule has 1 unspecified atom stereocenters. The minimum atomic E-state index is -0.824. The van der Waals surface area contributed by atoms with E-state index in [2.05, 4.69) is 10.3 Å². The molecule has 1 rings (SSSR count). The van der Waals surface area contributed by atoms with Crippen LogP contribution < -0.4 is 5.32 Å². The fraction of sp³-hybridized carbons (Fsp3) is 0.643. The van der Waals surface area contributed by atoms with Gasteiger partial charge in [-0.3, -0.25) is 9.59 Å². The molecule has 0 spiro atoms. The van der Waals surface area contributed by atoms with Crippen LogP contribution in [0.1, 0.15) is 47.1 Å². The van der Waals surface area contributed by atoms with Crippen molar-refractivity contribution in [1.82, 2.24) is 10.3 Å². The van der Waals surface area contributed by atoms with E-state index in [1.165, 1.54) is 11.3 Å². The SMILES string of the molecule is Cc1nc(C)c(C(=O)NCC(CC(=O)O)CC(C)C)s1. The number of rotatable bonds is 7. The number of aliphatic carboxylic acids is 1. The number of carboxylic acids is 1. The van der Waals surface area contributed by atoms with Crippen molar-refractivity contribution in [2.24, 2.45) is 11.8 Å². The Kier molecular flexibility index (Phi) is 6.13. The monoisotopic (exact) mass is 298 g/mol. The zero-order chi connectivity index (χ0) is 15.3. The van der Waals surface area contributed by atoms with Crippen LogP contribution in [0.25, 0.3) is 0 Å². The number of aryl methyl sites for hydroxylation is 2. The Labute approximate surface area is 123 Å². The molecule has 1 aromatic heterocycles. The van der Waals surface area contributed by atoms with E-state index in [1.54, 1.807) is 6.92 Å². The van der Waals surface area contributed by atoms with Gasteiger partial charge in [0.2, 0.25) is 0 Å². The van der Waals surface area contributed by atoms with Crippen LogP contribution >= 0.6 is 11.3 Å². The molecule has 0 radical (unpaired) electrons. The van der Waals surface area contributed by atoms with E-state index in [-0.39, 0.29) is 18.2 Å².